The summed E-state index contributed by atoms with van der Waals surface area (Å²) in [7, 11) is 1.56. The summed E-state index contributed by atoms with van der Waals surface area (Å²) >= 11 is 5.03. The Kier molecular flexibility index (Phi) is 8.65. The molecule has 0 fully saturated rings. The van der Waals surface area contributed by atoms with E-state index in [0.29, 0.717) is 23.7 Å². The minimum atomic E-state index is -0.450. The summed E-state index contributed by atoms with van der Waals surface area (Å²) in [5.41, 5.74) is 6.06. The molecule has 0 saturated carbocycles. The molecule has 0 heterocycles. The fraction of sp³-hybridized carbons (Fsp3) is 0.190. The highest BCUT2D eigenvalue weighted by atomic mass is 32.1. The SMILES string of the molecule is CCCOc1ccccc1C(=O)NNC(=S)NC(=O)/C=C/c1ccccc1OC. The molecule has 0 radical (unpaired) electrons. The van der Waals surface area contributed by atoms with Crippen LogP contribution in [-0.2, 0) is 4.79 Å². The first kappa shape index (κ1) is 21.9. The van der Waals surface area contributed by atoms with Crippen molar-refractivity contribution in [3.05, 3.63) is 65.7 Å². The molecule has 0 aromatic heterocycles. The maximum absolute atomic E-state index is 12.3. The van der Waals surface area contributed by atoms with Gasteiger partial charge in [-0.2, -0.15) is 0 Å². The first-order valence-electron chi connectivity index (χ1n) is 8.99. The van der Waals surface area contributed by atoms with Crippen LogP contribution in [0.4, 0.5) is 0 Å². The van der Waals surface area contributed by atoms with E-state index in [4.69, 9.17) is 21.7 Å². The lowest BCUT2D eigenvalue weighted by Gasteiger charge is -2.13. The van der Waals surface area contributed by atoms with E-state index in [-0.39, 0.29) is 5.11 Å². The number of para-hydroxylation sites is 2. The molecule has 2 amide bonds. The number of rotatable bonds is 7. The van der Waals surface area contributed by atoms with Gasteiger partial charge in [-0.1, -0.05) is 37.3 Å². The highest BCUT2D eigenvalue weighted by Gasteiger charge is 2.12. The molecule has 0 aliphatic heterocycles. The first-order valence-corrected chi connectivity index (χ1v) is 9.40. The maximum Gasteiger partial charge on any atom is 0.273 e. The maximum atomic E-state index is 12.3. The zero-order valence-electron chi connectivity index (χ0n) is 16.2. The highest BCUT2D eigenvalue weighted by Crippen LogP contribution is 2.19. The number of hydrogen-bond donors (Lipinski definition) is 3. The highest BCUT2D eigenvalue weighted by molar-refractivity contribution is 7.80. The standard InChI is InChI=1S/C21H23N3O4S/c1-3-14-28-18-11-7-5-9-16(18)20(26)23-24-21(29)22-19(25)13-12-15-8-4-6-10-17(15)27-2/h4-13H,3,14H2,1-2H3,(H,23,26)(H2,22,24,25,29)/b13-12+. The number of methoxy groups -OCH3 is 1. The molecule has 0 saturated heterocycles. The van der Waals surface area contributed by atoms with Crippen molar-refractivity contribution in [3.8, 4) is 11.5 Å². The van der Waals surface area contributed by atoms with Gasteiger partial charge in [0.2, 0.25) is 5.91 Å². The largest absolute Gasteiger partial charge is 0.496 e. The Morgan fingerprint density at radius 1 is 1.03 bits per heavy atom. The van der Waals surface area contributed by atoms with Gasteiger partial charge in [-0.3, -0.25) is 25.8 Å². The summed E-state index contributed by atoms with van der Waals surface area (Å²) in [6.45, 7) is 2.48. The van der Waals surface area contributed by atoms with Crippen LogP contribution in [0.5, 0.6) is 11.5 Å². The topological polar surface area (TPSA) is 88.7 Å². The van der Waals surface area contributed by atoms with Crippen LogP contribution in [0, 0.1) is 0 Å². The van der Waals surface area contributed by atoms with E-state index in [1.807, 2.05) is 25.1 Å². The number of thiocarbonyl (C=S) groups is 1. The summed E-state index contributed by atoms with van der Waals surface area (Å²) < 4.78 is 10.8. The number of nitrogens with one attached hydrogen (secondary N) is 3. The Morgan fingerprint density at radius 2 is 1.72 bits per heavy atom. The summed E-state index contributed by atoms with van der Waals surface area (Å²) in [6.07, 6.45) is 3.75. The molecule has 3 N–H and O–H groups in total. The third kappa shape index (κ3) is 6.93. The molecule has 2 rings (SSSR count). The van der Waals surface area contributed by atoms with E-state index >= 15 is 0 Å². The Labute approximate surface area is 175 Å². The number of benzene rings is 2. The van der Waals surface area contributed by atoms with Gasteiger partial charge in [0.15, 0.2) is 5.11 Å². The molecule has 0 atom stereocenters. The lowest BCUT2D eigenvalue weighted by molar-refractivity contribution is -0.115. The fourth-order valence-electron chi connectivity index (χ4n) is 2.33. The molecule has 0 aliphatic rings. The van der Waals surface area contributed by atoms with Gasteiger partial charge in [0.1, 0.15) is 11.5 Å². The summed E-state index contributed by atoms with van der Waals surface area (Å²) in [5.74, 6) is 0.240. The van der Waals surface area contributed by atoms with E-state index in [0.717, 1.165) is 12.0 Å². The zero-order chi connectivity index (χ0) is 21.1. The van der Waals surface area contributed by atoms with Crippen LogP contribution in [0.2, 0.25) is 0 Å². The second-order valence-electron chi connectivity index (χ2n) is 5.82. The lowest BCUT2D eigenvalue weighted by Crippen LogP contribution is -2.48. The predicted octanol–water partition coefficient (Wildman–Crippen LogP) is 2.83. The predicted molar refractivity (Wildman–Crippen MR) is 116 cm³/mol. The van der Waals surface area contributed by atoms with Gasteiger partial charge in [0.05, 0.1) is 19.3 Å². The number of ether oxygens (including phenoxy) is 2. The Bertz CT molecular complexity index is 899. The average Bonchev–Trinajstić information content (AvgIpc) is 2.75. The van der Waals surface area contributed by atoms with Crippen molar-refractivity contribution in [2.24, 2.45) is 0 Å². The molecule has 0 spiro atoms. The smallest absolute Gasteiger partial charge is 0.273 e. The number of hydrogen-bond acceptors (Lipinski definition) is 5. The second kappa shape index (κ2) is 11.5. The van der Waals surface area contributed by atoms with Crippen molar-refractivity contribution in [2.45, 2.75) is 13.3 Å². The Balaban J connectivity index is 1.87. The van der Waals surface area contributed by atoms with Crippen molar-refractivity contribution in [3.63, 3.8) is 0 Å². The molecular formula is C21H23N3O4S. The monoisotopic (exact) mass is 413 g/mol. The summed E-state index contributed by atoms with van der Waals surface area (Å²) in [4.78, 5) is 24.4. The van der Waals surface area contributed by atoms with Gasteiger partial charge >= 0.3 is 0 Å². The fourth-order valence-corrected chi connectivity index (χ4v) is 2.48. The van der Waals surface area contributed by atoms with Gasteiger partial charge in [-0.25, -0.2) is 0 Å². The quantitative estimate of drug-likeness (QED) is 0.368. The third-order valence-corrected chi connectivity index (χ3v) is 3.88. The molecule has 7 nitrogen and oxygen atoms in total. The van der Waals surface area contributed by atoms with Crippen LogP contribution in [0.25, 0.3) is 6.08 Å². The number of amides is 2. The molecule has 0 aliphatic carbocycles. The van der Waals surface area contributed by atoms with E-state index in [2.05, 4.69) is 16.2 Å². The van der Waals surface area contributed by atoms with Gasteiger partial charge in [-0.15, -0.1) is 0 Å². The molecule has 8 heteroatoms. The first-order chi connectivity index (χ1) is 14.0. The Hall–Kier alpha value is -3.39. The average molecular weight is 413 g/mol. The molecule has 152 valence electrons. The Morgan fingerprint density at radius 3 is 2.45 bits per heavy atom. The molecule has 29 heavy (non-hydrogen) atoms. The molecule has 0 unspecified atom stereocenters. The number of carbonyl (C=O) groups is 2. The van der Waals surface area contributed by atoms with Gasteiger partial charge in [0, 0.05) is 11.6 Å². The molecule has 2 aromatic rings. The van der Waals surface area contributed by atoms with E-state index < -0.39 is 11.8 Å². The van der Waals surface area contributed by atoms with Crippen LogP contribution in [-0.4, -0.2) is 30.6 Å². The van der Waals surface area contributed by atoms with Gasteiger partial charge in [0.25, 0.3) is 5.91 Å². The second-order valence-corrected chi connectivity index (χ2v) is 6.23. The van der Waals surface area contributed by atoms with E-state index in [9.17, 15) is 9.59 Å². The molecular weight excluding hydrogens is 390 g/mol. The van der Waals surface area contributed by atoms with Crippen LogP contribution in [0.1, 0.15) is 29.3 Å². The van der Waals surface area contributed by atoms with Crippen molar-refractivity contribution in [1.82, 2.24) is 16.2 Å². The van der Waals surface area contributed by atoms with Crippen LogP contribution >= 0.6 is 12.2 Å². The normalized spacial score (nSPS) is 10.3. The summed E-state index contributed by atoms with van der Waals surface area (Å²) in [5, 5.41) is 2.41. The van der Waals surface area contributed by atoms with Crippen LogP contribution in [0.15, 0.2) is 54.6 Å². The zero-order valence-corrected chi connectivity index (χ0v) is 17.0. The van der Waals surface area contributed by atoms with Crippen molar-refractivity contribution in [2.75, 3.05) is 13.7 Å². The third-order valence-electron chi connectivity index (χ3n) is 3.67. The molecule has 0 bridgehead atoms. The van der Waals surface area contributed by atoms with E-state index in [1.54, 1.807) is 43.5 Å². The van der Waals surface area contributed by atoms with Crippen LogP contribution < -0.4 is 25.6 Å². The lowest BCUT2D eigenvalue weighted by atomic mass is 10.2. The number of carbonyl (C=O) groups excluding carboxylic acids is 2. The van der Waals surface area contributed by atoms with Crippen molar-refractivity contribution >= 4 is 35.2 Å². The van der Waals surface area contributed by atoms with Gasteiger partial charge in [-0.05, 0) is 42.9 Å². The van der Waals surface area contributed by atoms with Crippen molar-refractivity contribution in [1.29, 1.82) is 0 Å². The van der Waals surface area contributed by atoms with Gasteiger partial charge < -0.3 is 9.47 Å². The minimum absolute atomic E-state index is 0.0417. The minimum Gasteiger partial charge on any atom is -0.496 e. The van der Waals surface area contributed by atoms with Crippen LogP contribution in [0.3, 0.4) is 0 Å². The van der Waals surface area contributed by atoms with Crippen molar-refractivity contribution < 1.29 is 19.1 Å². The summed E-state index contributed by atoms with van der Waals surface area (Å²) in [6, 6.07) is 14.2. The molecule has 2 aromatic carbocycles. The van der Waals surface area contributed by atoms with E-state index in [1.165, 1.54) is 6.08 Å². The number of hydrazine groups is 1.